The molecular weight excluding hydrogens is 224 g/mol. The first kappa shape index (κ1) is 13.8. The first-order valence-electron chi connectivity index (χ1n) is 5.89. The third-order valence-corrected chi connectivity index (χ3v) is 2.86. The fourth-order valence-corrected chi connectivity index (χ4v) is 1.89. The third-order valence-electron chi connectivity index (χ3n) is 2.86. The Hall–Kier alpha value is -1.30. The lowest BCUT2D eigenvalue weighted by Crippen LogP contribution is -2.47. The molecule has 0 bridgehead atoms. The number of nitrogens with zero attached hydrogens (tertiary/aromatic N) is 1. The molecule has 0 aromatic heterocycles. The van der Waals surface area contributed by atoms with Crippen LogP contribution in [0.3, 0.4) is 0 Å². The van der Waals surface area contributed by atoms with Crippen LogP contribution in [0.1, 0.15) is 19.3 Å². The summed E-state index contributed by atoms with van der Waals surface area (Å²) in [6, 6.07) is -0.174. The van der Waals surface area contributed by atoms with Crippen LogP contribution in [0, 0.1) is 5.92 Å². The van der Waals surface area contributed by atoms with E-state index in [1.807, 2.05) is 0 Å². The van der Waals surface area contributed by atoms with Gasteiger partial charge in [-0.2, -0.15) is 0 Å². The van der Waals surface area contributed by atoms with E-state index in [-0.39, 0.29) is 6.03 Å². The molecule has 0 radical (unpaired) electrons. The molecular formula is C11H20N2O4. The zero-order valence-corrected chi connectivity index (χ0v) is 10.1. The molecule has 0 aromatic rings. The molecule has 1 aliphatic heterocycles. The summed E-state index contributed by atoms with van der Waals surface area (Å²) in [5, 5.41) is 11.7. The summed E-state index contributed by atoms with van der Waals surface area (Å²) >= 11 is 0. The molecule has 0 unspecified atom stereocenters. The number of carbonyl (C=O) groups is 2. The number of hydrogen-bond donors (Lipinski definition) is 2. The fraction of sp³-hybridized carbons (Fsp3) is 0.818. The quantitative estimate of drug-likeness (QED) is 0.691. The Bertz CT molecular complexity index is 270. The van der Waals surface area contributed by atoms with Gasteiger partial charge < -0.3 is 20.1 Å². The molecule has 1 aliphatic rings. The van der Waals surface area contributed by atoms with Crippen molar-refractivity contribution in [2.45, 2.75) is 19.3 Å². The van der Waals surface area contributed by atoms with Gasteiger partial charge in [0.1, 0.15) is 0 Å². The monoisotopic (exact) mass is 244 g/mol. The van der Waals surface area contributed by atoms with Crippen molar-refractivity contribution in [2.75, 3.05) is 33.4 Å². The number of amides is 2. The summed E-state index contributed by atoms with van der Waals surface area (Å²) in [6.45, 7) is 2.12. The second-order valence-corrected chi connectivity index (χ2v) is 4.20. The van der Waals surface area contributed by atoms with Crippen LogP contribution in [0.15, 0.2) is 0 Å². The van der Waals surface area contributed by atoms with Crippen molar-refractivity contribution in [3.05, 3.63) is 0 Å². The number of methoxy groups -OCH3 is 1. The number of ether oxygens (including phenoxy) is 1. The summed E-state index contributed by atoms with van der Waals surface area (Å²) in [7, 11) is 1.61. The molecule has 6 nitrogen and oxygen atoms in total. The van der Waals surface area contributed by atoms with Gasteiger partial charge in [0.15, 0.2) is 0 Å². The average molecular weight is 244 g/mol. The summed E-state index contributed by atoms with van der Waals surface area (Å²) < 4.78 is 4.88. The number of carbonyl (C=O) groups excluding carboxylic acids is 1. The van der Waals surface area contributed by atoms with Crippen LogP contribution in [0.4, 0.5) is 4.79 Å². The third kappa shape index (κ3) is 4.60. The topological polar surface area (TPSA) is 78.9 Å². The molecule has 17 heavy (non-hydrogen) atoms. The summed E-state index contributed by atoms with van der Waals surface area (Å²) in [4.78, 5) is 24.1. The second-order valence-electron chi connectivity index (χ2n) is 4.20. The number of carboxylic acid groups (broad SMARTS) is 1. The number of aliphatic carboxylic acids is 1. The van der Waals surface area contributed by atoms with Gasteiger partial charge in [-0.3, -0.25) is 4.79 Å². The van der Waals surface area contributed by atoms with Gasteiger partial charge >= 0.3 is 12.0 Å². The van der Waals surface area contributed by atoms with Crippen molar-refractivity contribution in [2.24, 2.45) is 5.92 Å². The molecule has 1 heterocycles. The molecule has 1 saturated heterocycles. The van der Waals surface area contributed by atoms with E-state index in [1.165, 1.54) is 0 Å². The van der Waals surface area contributed by atoms with Crippen molar-refractivity contribution >= 4 is 12.0 Å². The van der Waals surface area contributed by atoms with Gasteiger partial charge in [0, 0.05) is 33.4 Å². The highest BCUT2D eigenvalue weighted by atomic mass is 16.5. The molecule has 0 aliphatic carbocycles. The Kier molecular flexibility index (Phi) is 5.76. The van der Waals surface area contributed by atoms with Crippen molar-refractivity contribution < 1.29 is 19.4 Å². The zero-order valence-electron chi connectivity index (χ0n) is 10.1. The highest BCUT2D eigenvalue weighted by Crippen LogP contribution is 2.16. The Morgan fingerprint density at radius 1 is 1.53 bits per heavy atom. The molecule has 0 spiro atoms. The van der Waals surface area contributed by atoms with Crippen LogP contribution < -0.4 is 5.32 Å². The van der Waals surface area contributed by atoms with Crippen molar-refractivity contribution in [1.29, 1.82) is 0 Å². The Labute approximate surface area is 101 Å². The predicted octanol–water partition coefficient (Wildman–Crippen LogP) is 0.529. The van der Waals surface area contributed by atoms with Crippen LogP contribution in [0.25, 0.3) is 0 Å². The molecule has 2 amide bonds. The van der Waals surface area contributed by atoms with E-state index in [2.05, 4.69) is 5.32 Å². The second kappa shape index (κ2) is 7.11. The van der Waals surface area contributed by atoms with E-state index in [0.717, 1.165) is 12.8 Å². The standard InChI is InChI=1S/C11H20N2O4/c1-17-7-3-5-12-11(16)13-6-2-4-9(8-13)10(14)15/h9H,2-8H2,1H3,(H,12,16)(H,14,15)/t9-/m0/s1. The van der Waals surface area contributed by atoms with Gasteiger partial charge in [-0.25, -0.2) is 4.79 Å². The summed E-state index contributed by atoms with van der Waals surface area (Å²) in [5.41, 5.74) is 0. The van der Waals surface area contributed by atoms with Gasteiger partial charge in [-0.15, -0.1) is 0 Å². The van der Waals surface area contributed by atoms with E-state index < -0.39 is 11.9 Å². The Morgan fingerprint density at radius 3 is 2.94 bits per heavy atom. The minimum absolute atomic E-state index is 0.174. The lowest BCUT2D eigenvalue weighted by Gasteiger charge is -2.30. The fourth-order valence-electron chi connectivity index (χ4n) is 1.89. The van der Waals surface area contributed by atoms with Crippen LogP contribution >= 0.6 is 0 Å². The molecule has 2 N–H and O–H groups in total. The molecule has 1 atom stereocenters. The molecule has 0 aromatic carbocycles. The van der Waals surface area contributed by atoms with E-state index in [0.29, 0.717) is 32.7 Å². The predicted molar refractivity (Wildman–Crippen MR) is 61.8 cm³/mol. The smallest absolute Gasteiger partial charge is 0.317 e. The van der Waals surface area contributed by atoms with Gasteiger partial charge in [0.05, 0.1) is 5.92 Å². The van der Waals surface area contributed by atoms with E-state index in [1.54, 1.807) is 12.0 Å². The number of carboxylic acids is 1. The molecule has 1 fully saturated rings. The van der Waals surface area contributed by atoms with Gasteiger partial charge in [0.25, 0.3) is 0 Å². The minimum atomic E-state index is -0.818. The number of hydrogen-bond acceptors (Lipinski definition) is 3. The highest BCUT2D eigenvalue weighted by Gasteiger charge is 2.27. The van der Waals surface area contributed by atoms with Crippen LogP contribution in [0.5, 0.6) is 0 Å². The van der Waals surface area contributed by atoms with Crippen LogP contribution in [0.2, 0.25) is 0 Å². The van der Waals surface area contributed by atoms with E-state index >= 15 is 0 Å². The largest absolute Gasteiger partial charge is 0.481 e. The summed E-state index contributed by atoms with van der Waals surface area (Å²) in [6.07, 6.45) is 2.17. The van der Waals surface area contributed by atoms with Crippen molar-refractivity contribution in [1.82, 2.24) is 10.2 Å². The van der Waals surface area contributed by atoms with E-state index in [4.69, 9.17) is 9.84 Å². The van der Waals surface area contributed by atoms with Crippen molar-refractivity contribution in [3.8, 4) is 0 Å². The maximum atomic E-state index is 11.7. The SMILES string of the molecule is COCCCNC(=O)N1CCC[C@H](C(=O)O)C1. The lowest BCUT2D eigenvalue weighted by atomic mass is 9.99. The highest BCUT2D eigenvalue weighted by molar-refractivity contribution is 5.76. The van der Waals surface area contributed by atoms with Gasteiger partial charge in [-0.1, -0.05) is 0 Å². The molecule has 1 rings (SSSR count). The first-order chi connectivity index (χ1) is 8.15. The summed E-state index contributed by atoms with van der Waals surface area (Å²) in [5.74, 6) is -1.24. The van der Waals surface area contributed by atoms with Crippen LogP contribution in [-0.4, -0.2) is 55.4 Å². The number of rotatable bonds is 5. The lowest BCUT2D eigenvalue weighted by molar-refractivity contribution is -0.143. The zero-order chi connectivity index (χ0) is 12.7. The average Bonchev–Trinajstić information content (AvgIpc) is 2.34. The van der Waals surface area contributed by atoms with Gasteiger partial charge in [0.2, 0.25) is 0 Å². The Morgan fingerprint density at radius 2 is 2.29 bits per heavy atom. The molecule has 6 heteroatoms. The number of piperidine rings is 1. The minimum Gasteiger partial charge on any atom is -0.481 e. The number of urea groups is 1. The first-order valence-corrected chi connectivity index (χ1v) is 5.89. The maximum absolute atomic E-state index is 11.7. The van der Waals surface area contributed by atoms with Crippen molar-refractivity contribution in [3.63, 3.8) is 0 Å². The normalized spacial score (nSPS) is 20.1. The molecule has 98 valence electrons. The molecule has 0 saturated carbocycles. The van der Waals surface area contributed by atoms with Gasteiger partial charge in [-0.05, 0) is 19.3 Å². The van der Waals surface area contributed by atoms with E-state index in [9.17, 15) is 9.59 Å². The van der Waals surface area contributed by atoms with Crippen LogP contribution in [-0.2, 0) is 9.53 Å². The number of likely N-dealkylation sites (tertiary alicyclic amines) is 1. The number of nitrogens with one attached hydrogen (secondary N) is 1. The maximum Gasteiger partial charge on any atom is 0.317 e. The Balaban J connectivity index is 2.28.